The summed E-state index contributed by atoms with van der Waals surface area (Å²) in [5.41, 5.74) is 0.483. The van der Waals surface area contributed by atoms with E-state index in [0.717, 1.165) is 26.1 Å². The molecule has 0 radical (unpaired) electrons. The molecule has 0 bridgehead atoms. The summed E-state index contributed by atoms with van der Waals surface area (Å²) in [6.45, 7) is 2.34. The second-order valence-electron chi connectivity index (χ2n) is 4.08. The van der Waals surface area contributed by atoms with E-state index in [1.807, 2.05) is 0 Å². The monoisotopic (exact) mass is 237 g/mol. The van der Waals surface area contributed by atoms with E-state index in [2.05, 4.69) is 10.3 Å². The molecule has 1 atom stereocenters. The number of ether oxygens (including phenoxy) is 1. The Hall–Kier alpha value is -1.69. The lowest BCUT2D eigenvalue weighted by Crippen LogP contribution is -2.10. The van der Waals surface area contributed by atoms with E-state index < -0.39 is 4.92 Å². The van der Waals surface area contributed by atoms with Crippen molar-refractivity contribution >= 4 is 11.5 Å². The summed E-state index contributed by atoms with van der Waals surface area (Å²) in [7, 11) is 0. The van der Waals surface area contributed by atoms with Gasteiger partial charge in [0.2, 0.25) is 0 Å². The first-order valence-corrected chi connectivity index (χ1v) is 5.68. The fourth-order valence-electron chi connectivity index (χ4n) is 1.90. The highest BCUT2D eigenvalue weighted by molar-refractivity contribution is 5.56. The van der Waals surface area contributed by atoms with Gasteiger partial charge in [0, 0.05) is 19.8 Å². The van der Waals surface area contributed by atoms with Crippen LogP contribution in [-0.2, 0) is 4.74 Å². The number of hydrogen-bond donors (Lipinski definition) is 1. The lowest BCUT2D eigenvalue weighted by molar-refractivity contribution is -0.388. The van der Waals surface area contributed by atoms with Gasteiger partial charge < -0.3 is 20.2 Å². The van der Waals surface area contributed by atoms with Crippen LogP contribution in [0.5, 0.6) is 0 Å². The van der Waals surface area contributed by atoms with E-state index >= 15 is 0 Å². The topological polar surface area (TPSA) is 77.3 Å². The number of anilines is 1. The zero-order chi connectivity index (χ0) is 12.1. The van der Waals surface area contributed by atoms with E-state index in [4.69, 9.17) is 4.74 Å². The van der Waals surface area contributed by atoms with Crippen molar-refractivity contribution in [3.63, 3.8) is 0 Å². The molecule has 92 valence electrons. The van der Waals surface area contributed by atoms with Crippen LogP contribution in [0.3, 0.4) is 0 Å². The van der Waals surface area contributed by atoms with Gasteiger partial charge in [-0.2, -0.15) is 0 Å². The second-order valence-corrected chi connectivity index (χ2v) is 4.08. The molecule has 0 spiro atoms. The number of nitrogens with one attached hydrogen (secondary N) is 1. The molecular weight excluding hydrogens is 222 g/mol. The summed E-state index contributed by atoms with van der Waals surface area (Å²) in [6, 6.07) is 3.37. The molecule has 0 saturated carbocycles. The summed E-state index contributed by atoms with van der Waals surface area (Å²) >= 11 is 0. The SMILES string of the molecule is O=[N+]([O-])c1ncccc1NCCC1CCOC1. The second kappa shape index (κ2) is 5.58. The number of nitro groups is 1. The number of aromatic nitrogens is 1. The Kier molecular flexibility index (Phi) is 3.87. The Balaban J connectivity index is 1.87. The molecule has 0 aliphatic carbocycles. The van der Waals surface area contributed by atoms with Gasteiger partial charge in [-0.1, -0.05) is 0 Å². The first-order chi connectivity index (χ1) is 8.27. The molecule has 6 heteroatoms. The van der Waals surface area contributed by atoms with Crippen molar-refractivity contribution in [2.24, 2.45) is 5.92 Å². The maximum Gasteiger partial charge on any atom is 0.386 e. The fourth-order valence-corrected chi connectivity index (χ4v) is 1.90. The Labute approximate surface area is 99.2 Å². The van der Waals surface area contributed by atoms with Crippen LogP contribution in [0, 0.1) is 16.0 Å². The summed E-state index contributed by atoms with van der Waals surface area (Å²) in [6.07, 6.45) is 3.47. The summed E-state index contributed by atoms with van der Waals surface area (Å²) in [4.78, 5) is 14.0. The third kappa shape index (κ3) is 3.13. The minimum absolute atomic E-state index is 0.116. The van der Waals surface area contributed by atoms with Crippen molar-refractivity contribution in [3.05, 3.63) is 28.4 Å². The molecule has 6 nitrogen and oxygen atoms in total. The van der Waals surface area contributed by atoms with E-state index in [0.29, 0.717) is 18.2 Å². The van der Waals surface area contributed by atoms with Crippen molar-refractivity contribution in [2.75, 3.05) is 25.1 Å². The highest BCUT2D eigenvalue weighted by atomic mass is 16.6. The van der Waals surface area contributed by atoms with Crippen molar-refractivity contribution in [1.82, 2.24) is 4.98 Å². The van der Waals surface area contributed by atoms with E-state index in [-0.39, 0.29) is 5.82 Å². The van der Waals surface area contributed by atoms with Crippen molar-refractivity contribution in [2.45, 2.75) is 12.8 Å². The Bertz CT molecular complexity index is 391. The number of rotatable bonds is 5. The van der Waals surface area contributed by atoms with Gasteiger partial charge in [-0.3, -0.25) is 0 Å². The molecule has 1 aliphatic heterocycles. The van der Waals surface area contributed by atoms with Crippen LogP contribution in [0.25, 0.3) is 0 Å². The third-order valence-electron chi connectivity index (χ3n) is 2.85. The molecule has 2 heterocycles. The number of nitrogens with zero attached hydrogens (tertiary/aromatic N) is 2. The average molecular weight is 237 g/mol. The number of hydrogen-bond acceptors (Lipinski definition) is 5. The Morgan fingerprint density at radius 3 is 3.24 bits per heavy atom. The Morgan fingerprint density at radius 1 is 1.65 bits per heavy atom. The van der Waals surface area contributed by atoms with Crippen LogP contribution in [0.15, 0.2) is 18.3 Å². The van der Waals surface area contributed by atoms with E-state index in [1.165, 1.54) is 6.20 Å². The minimum atomic E-state index is -0.471. The maximum atomic E-state index is 10.7. The minimum Gasteiger partial charge on any atom is -0.381 e. The van der Waals surface area contributed by atoms with Crippen LogP contribution >= 0.6 is 0 Å². The first kappa shape index (κ1) is 11.8. The molecule has 1 aromatic rings. The summed E-state index contributed by atoms with van der Waals surface area (Å²) in [5, 5.41) is 13.8. The average Bonchev–Trinajstić information content (AvgIpc) is 2.82. The molecule has 0 aromatic carbocycles. The number of pyridine rings is 1. The molecule has 17 heavy (non-hydrogen) atoms. The van der Waals surface area contributed by atoms with Crippen LogP contribution in [0.2, 0.25) is 0 Å². The van der Waals surface area contributed by atoms with E-state index in [9.17, 15) is 10.1 Å². The predicted octanol–water partition coefficient (Wildman–Crippen LogP) is 1.83. The highest BCUT2D eigenvalue weighted by Crippen LogP contribution is 2.21. The van der Waals surface area contributed by atoms with Gasteiger partial charge in [-0.05, 0) is 40.8 Å². The van der Waals surface area contributed by atoms with Crippen LogP contribution in [0.1, 0.15) is 12.8 Å². The molecule has 2 rings (SSSR count). The van der Waals surface area contributed by atoms with Crippen LogP contribution in [-0.4, -0.2) is 29.7 Å². The molecule has 1 aliphatic rings. The van der Waals surface area contributed by atoms with Crippen LogP contribution in [0.4, 0.5) is 11.5 Å². The summed E-state index contributed by atoms with van der Waals surface area (Å²) in [5.74, 6) is 0.452. The van der Waals surface area contributed by atoms with Gasteiger partial charge in [0.15, 0.2) is 0 Å². The maximum absolute atomic E-state index is 10.7. The van der Waals surface area contributed by atoms with Gasteiger partial charge in [-0.15, -0.1) is 0 Å². The molecule has 1 N–H and O–H groups in total. The fraction of sp³-hybridized carbons (Fsp3) is 0.545. The summed E-state index contributed by atoms with van der Waals surface area (Å²) < 4.78 is 5.27. The van der Waals surface area contributed by atoms with E-state index in [1.54, 1.807) is 12.1 Å². The molecule has 1 aromatic heterocycles. The van der Waals surface area contributed by atoms with Gasteiger partial charge in [-0.25, -0.2) is 0 Å². The smallest absolute Gasteiger partial charge is 0.381 e. The molecular formula is C11H15N3O3. The van der Waals surface area contributed by atoms with Crippen LogP contribution < -0.4 is 5.32 Å². The standard InChI is InChI=1S/C11H15N3O3/c15-14(16)11-10(2-1-5-13-11)12-6-3-9-4-7-17-8-9/h1-2,5,9,12H,3-4,6-8H2. The van der Waals surface area contributed by atoms with Gasteiger partial charge in [0.1, 0.15) is 11.9 Å². The van der Waals surface area contributed by atoms with Crippen molar-refractivity contribution < 1.29 is 9.66 Å². The predicted molar refractivity (Wildman–Crippen MR) is 62.9 cm³/mol. The normalized spacial score (nSPS) is 19.2. The lowest BCUT2D eigenvalue weighted by atomic mass is 10.1. The van der Waals surface area contributed by atoms with Crippen molar-refractivity contribution in [1.29, 1.82) is 0 Å². The third-order valence-corrected chi connectivity index (χ3v) is 2.85. The quantitative estimate of drug-likeness (QED) is 0.624. The zero-order valence-corrected chi connectivity index (χ0v) is 9.46. The molecule has 1 saturated heterocycles. The molecule has 0 amide bonds. The van der Waals surface area contributed by atoms with Gasteiger partial charge in [0.05, 0.1) is 0 Å². The lowest BCUT2D eigenvalue weighted by Gasteiger charge is -2.09. The van der Waals surface area contributed by atoms with Gasteiger partial charge >= 0.3 is 5.82 Å². The largest absolute Gasteiger partial charge is 0.386 e. The van der Waals surface area contributed by atoms with Crippen molar-refractivity contribution in [3.8, 4) is 0 Å². The molecule has 1 unspecified atom stereocenters. The molecule has 1 fully saturated rings. The highest BCUT2D eigenvalue weighted by Gasteiger charge is 2.17. The first-order valence-electron chi connectivity index (χ1n) is 5.68. The zero-order valence-electron chi connectivity index (χ0n) is 9.46. The Morgan fingerprint density at radius 2 is 2.53 bits per heavy atom. The van der Waals surface area contributed by atoms with Gasteiger partial charge in [0.25, 0.3) is 0 Å².